The predicted octanol–water partition coefficient (Wildman–Crippen LogP) is 5.19. The summed E-state index contributed by atoms with van der Waals surface area (Å²) in [5.74, 6) is 0. The van der Waals surface area contributed by atoms with Crippen molar-refractivity contribution in [1.29, 1.82) is 0 Å². The van der Waals surface area contributed by atoms with Gasteiger partial charge >= 0.3 is 24.3 Å². The Kier molecular flexibility index (Phi) is 32.7. The summed E-state index contributed by atoms with van der Waals surface area (Å²) >= 11 is 0. The molecule has 0 fully saturated rings. The Morgan fingerprint density at radius 2 is 0.963 bits per heavy atom. The number of unbranched alkanes of at least 4 members (excludes halogenated alkanes) is 12. The summed E-state index contributed by atoms with van der Waals surface area (Å²) in [5.41, 5.74) is 0. The van der Waals surface area contributed by atoms with E-state index >= 15 is 0 Å². The van der Waals surface area contributed by atoms with Crippen LogP contribution in [0, 0.1) is 0 Å². The number of isocyanates is 4. The van der Waals surface area contributed by atoms with Crippen LogP contribution in [0.1, 0.15) is 110 Å². The van der Waals surface area contributed by atoms with Crippen molar-refractivity contribution in [1.82, 2.24) is 20.6 Å². The lowest BCUT2D eigenvalue weighted by atomic mass is 10.2. The van der Waals surface area contributed by atoms with Crippen LogP contribution in [0.2, 0.25) is 0 Å². The number of ether oxygens (including phenoxy) is 2. The molecule has 0 aliphatic carbocycles. The van der Waals surface area contributed by atoms with Crippen LogP contribution in [0.25, 0.3) is 0 Å². The number of aliphatic imine (C=N–C) groups is 4. The van der Waals surface area contributed by atoms with Crippen LogP contribution in [0.15, 0.2) is 20.0 Å². The van der Waals surface area contributed by atoms with E-state index in [9.17, 15) is 38.4 Å². The first-order valence-corrected chi connectivity index (χ1v) is 18.6. The molecule has 0 aliphatic heterocycles. The second-order valence-corrected chi connectivity index (χ2v) is 12.1. The highest BCUT2D eigenvalue weighted by Crippen LogP contribution is 2.09. The molecule has 0 saturated carbocycles. The number of hydroxylamine groups is 2. The standard InChI is InChI=1S/C35H56N8O11/c1-31(26-52-34(50)42(24-16-8-6-12-20-38-29-46)32(48)40-22-14-4-2-10-18-36-27-44)53-35(51)54-43(25-17-9-7-13-21-39-30-47)33(49)41-23-15-5-3-11-19-37-28-45/h31H,2-26H2,1H3,(H,40,48)(H,41,49). The van der Waals surface area contributed by atoms with E-state index in [4.69, 9.17) is 14.3 Å². The van der Waals surface area contributed by atoms with Gasteiger partial charge in [-0.3, -0.25) is 0 Å². The third-order valence-corrected chi connectivity index (χ3v) is 7.60. The van der Waals surface area contributed by atoms with Crippen molar-refractivity contribution < 1.29 is 52.7 Å². The topological polar surface area (TPSA) is 244 Å². The van der Waals surface area contributed by atoms with Crippen molar-refractivity contribution in [3.05, 3.63) is 0 Å². The third kappa shape index (κ3) is 29.4. The van der Waals surface area contributed by atoms with Crippen molar-refractivity contribution in [3.63, 3.8) is 0 Å². The fourth-order valence-corrected chi connectivity index (χ4v) is 4.75. The number of carbonyl (C=O) groups is 4. The van der Waals surface area contributed by atoms with Crippen molar-refractivity contribution >= 4 is 48.6 Å². The highest BCUT2D eigenvalue weighted by Gasteiger charge is 2.25. The monoisotopic (exact) mass is 764 g/mol. The van der Waals surface area contributed by atoms with Crippen LogP contribution >= 0.6 is 0 Å². The van der Waals surface area contributed by atoms with Crippen molar-refractivity contribution in [3.8, 4) is 0 Å². The molecule has 1 unspecified atom stereocenters. The van der Waals surface area contributed by atoms with Gasteiger partial charge in [0.25, 0.3) is 0 Å². The molecule has 0 aliphatic rings. The predicted molar refractivity (Wildman–Crippen MR) is 194 cm³/mol. The molecule has 54 heavy (non-hydrogen) atoms. The summed E-state index contributed by atoms with van der Waals surface area (Å²) < 4.78 is 10.5. The van der Waals surface area contributed by atoms with Crippen LogP contribution in [-0.2, 0) is 33.5 Å². The second kappa shape index (κ2) is 36.2. The van der Waals surface area contributed by atoms with Gasteiger partial charge in [0.1, 0.15) is 12.7 Å². The van der Waals surface area contributed by atoms with Crippen LogP contribution in [-0.4, -0.2) is 124 Å². The van der Waals surface area contributed by atoms with Gasteiger partial charge in [0.2, 0.25) is 24.3 Å². The Bertz CT molecular complexity index is 1260. The molecule has 2 N–H and O–H groups in total. The van der Waals surface area contributed by atoms with Gasteiger partial charge in [-0.05, 0) is 58.3 Å². The summed E-state index contributed by atoms with van der Waals surface area (Å²) in [6.07, 6.45) is 13.8. The first-order valence-electron chi connectivity index (χ1n) is 18.6. The summed E-state index contributed by atoms with van der Waals surface area (Å²) in [6.45, 7) is 3.30. The van der Waals surface area contributed by atoms with Gasteiger partial charge in [-0.2, -0.15) is 5.06 Å². The van der Waals surface area contributed by atoms with Gasteiger partial charge in [-0.1, -0.05) is 51.4 Å². The Balaban J connectivity index is 5.08. The van der Waals surface area contributed by atoms with E-state index in [1.165, 1.54) is 31.2 Å². The number of nitrogens with one attached hydrogen (secondary N) is 2. The Morgan fingerprint density at radius 1 is 0.556 bits per heavy atom. The molecule has 302 valence electrons. The lowest BCUT2D eigenvalue weighted by Gasteiger charge is -2.23. The molecule has 5 amide bonds. The number of amides is 5. The molecule has 0 spiro atoms. The highest BCUT2D eigenvalue weighted by molar-refractivity contribution is 5.90. The molecule has 0 aromatic carbocycles. The lowest BCUT2D eigenvalue weighted by molar-refractivity contribution is -0.105. The van der Waals surface area contributed by atoms with E-state index in [2.05, 4.69) is 30.6 Å². The summed E-state index contributed by atoms with van der Waals surface area (Å²) in [6, 6.07) is -1.29. The number of carbonyl (C=O) groups excluding carboxylic acids is 8. The number of hydrogen-bond acceptors (Lipinski definition) is 15. The Hall–Kier alpha value is -5.20. The molecular weight excluding hydrogens is 708 g/mol. The number of nitrogens with zero attached hydrogens (tertiary/aromatic N) is 6. The first kappa shape index (κ1) is 48.8. The average molecular weight is 765 g/mol. The van der Waals surface area contributed by atoms with Crippen LogP contribution in [0.4, 0.5) is 19.2 Å². The molecular formula is C35H56N8O11. The largest absolute Gasteiger partial charge is 0.533 e. The van der Waals surface area contributed by atoms with E-state index in [1.807, 2.05) is 0 Å². The summed E-state index contributed by atoms with van der Waals surface area (Å²) in [4.78, 5) is 112. The van der Waals surface area contributed by atoms with Crippen LogP contribution in [0.3, 0.4) is 0 Å². The minimum atomic E-state index is -1.20. The summed E-state index contributed by atoms with van der Waals surface area (Å²) in [7, 11) is 0. The number of rotatable bonds is 31. The lowest BCUT2D eigenvalue weighted by Crippen LogP contribution is -2.45. The van der Waals surface area contributed by atoms with Gasteiger partial charge in [0, 0.05) is 19.6 Å². The number of urea groups is 2. The molecule has 0 heterocycles. The fourth-order valence-electron chi connectivity index (χ4n) is 4.75. The molecule has 0 aromatic heterocycles. The molecule has 0 radical (unpaired) electrons. The maximum atomic E-state index is 13.0. The number of hydrogen-bond donors (Lipinski definition) is 2. The van der Waals surface area contributed by atoms with Gasteiger partial charge in [0.15, 0.2) is 0 Å². The molecule has 1 atom stereocenters. The minimum absolute atomic E-state index is 0.0612. The normalized spacial score (nSPS) is 10.5. The van der Waals surface area contributed by atoms with E-state index in [-0.39, 0.29) is 13.1 Å². The second-order valence-electron chi connectivity index (χ2n) is 12.1. The molecule has 0 rings (SSSR count). The average Bonchev–Trinajstić information content (AvgIpc) is 3.16. The quantitative estimate of drug-likeness (QED) is 0.0306. The maximum absolute atomic E-state index is 13.0. The van der Waals surface area contributed by atoms with Gasteiger partial charge in [-0.15, -0.1) is 0 Å². The van der Waals surface area contributed by atoms with Gasteiger partial charge in [-0.25, -0.2) is 63.2 Å². The first-order chi connectivity index (χ1) is 26.3. The minimum Gasteiger partial charge on any atom is -0.445 e. The van der Waals surface area contributed by atoms with Crippen LogP contribution < -0.4 is 10.6 Å². The van der Waals surface area contributed by atoms with Gasteiger partial charge < -0.3 is 24.9 Å². The van der Waals surface area contributed by atoms with Crippen LogP contribution in [0.5, 0.6) is 0 Å². The van der Waals surface area contributed by atoms with E-state index in [0.717, 1.165) is 61.3 Å². The molecule has 19 heteroatoms. The highest BCUT2D eigenvalue weighted by atomic mass is 16.8. The maximum Gasteiger partial charge on any atom is 0.533 e. The molecule has 19 nitrogen and oxygen atoms in total. The zero-order valence-corrected chi connectivity index (χ0v) is 31.4. The number of imide groups is 1. The van der Waals surface area contributed by atoms with E-state index < -0.39 is 37.0 Å². The van der Waals surface area contributed by atoms with E-state index in [0.29, 0.717) is 90.6 Å². The smallest absolute Gasteiger partial charge is 0.445 e. The van der Waals surface area contributed by atoms with E-state index in [1.54, 1.807) is 0 Å². The zero-order valence-electron chi connectivity index (χ0n) is 31.4. The van der Waals surface area contributed by atoms with Crippen molar-refractivity contribution in [2.75, 3.05) is 59.0 Å². The van der Waals surface area contributed by atoms with Crippen molar-refractivity contribution in [2.24, 2.45) is 20.0 Å². The molecule has 0 aromatic rings. The third-order valence-electron chi connectivity index (χ3n) is 7.60. The van der Waals surface area contributed by atoms with Crippen molar-refractivity contribution in [2.45, 2.75) is 116 Å². The molecule has 0 saturated heterocycles. The summed E-state index contributed by atoms with van der Waals surface area (Å²) in [5, 5.41) is 6.27. The Morgan fingerprint density at radius 3 is 1.43 bits per heavy atom. The zero-order chi connectivity index (χ0) is 39.9. The Labute approximate surface area is 316 Å². The SMILES string of the molecule is CC(COC(=O)N(CCCCCCN=C=O)C(=O)NCCCCCCN=C=O)OC(=O)ON(CCCCCCN=C=O)C(=O)NCCCCCCN=C=O. The fraction of sp³-hybridized carbons (Fsp3) is 0.771. The molecule has 0 bridgehead atoms. The van der Waals surface area contributed by atoms with Gasteiger partial charge in [0.05, 0.1) is 32.7 Å².